The highest BCUT2D eigenvalue weighted by Gasteiger charge is 2.10. The molecule has 0 fully saturated rings. The summed E-state index contributed by atoms with van der Waals surface area (Å²) in [5, 5.41) is 3.53. The van der Waals surface area contributed by atoms with Gasteiger partial charge >= 0.3 is 0 Å². The van der Waals surface area contributed by atoms with Gasteiger partial charge in [-0.3, -0.25) is 4.90 Å². The summed E-state index contributed by atoms with van der Waals surface area (Å²) >= 11 is 0. The molecule has 0 aromatic carbocycles. The standard InChI is InChI=1S/C13H26N2/c1-12(2)9-14-10-13(3)11-15-7-5-4-6-8-15/h4-5,12-14H,6-11H2,1-3H3. The summed E-state index contributed by atoms with van der Waals surface area (Å²) in [5.74, 6) is 1.52. The van der Waals surface area contributed by atoms with Gasteiger partial charge in [0.25, 0.3) is 0 Å². The Bertz CT molecular complexity index is 187. The van der Waals surface area contributed by atoms with Crippen LogP contribution in [0.4, 0.5) is 0 Å². The molecule has 0 aromatic rings. The molecule has 1 aliphatic rings. The normalized spacial score (nSPS) is 19.7. The highest BCUT2D eigenvalue weighted by atomic mass is 15.1. The molecule has 1 heterocycles. The summed E-state index contributed by atoms with van der Waals surface area (Å²) < 4.78 is 0. The van der Waals surface area contributed by atoms with Crippen LogP contribution in [0.5, 0.6) is 0 Å². The zero-order valence-corrected chi connectivity index (χ0v) is 10.5. The minimum absolute atomic E-state index is 0.759. The van der Waals surface area contributed by atoms with E-state index in [1.165, 1.54) is 19.5 Å². The molecule has 1 rings (SSSR count). The van der Waals surface area contributed by atoms with Crippen LogP contribution in [0.1, 0.15) is 27.2 Å². The second-order valence-corrected chi connectivity index (χ2v) is 5.18. The second-order valence-electron chi connectivity index (χ2n) is 5.18. The van der Waals surface area contributed by atoms with Crippen molar-refractivity contribution in [2.45, 2.75) is 27.2 Å². The molecule has 1 N–H and O–H groups in total. The lowest BCUT2D eigenvalue weighted by Crippen LogP contribution is -2.36. The van der Waals surface area contributed by atoms with Crippen LogP contribution >= 0.6 is 0 Å². The fourth-order valence-electron chi connectivity index (χ4n) is 1.98. The molecule has 15 heavy (non-hydrogen) atoms. The van der Waals surface area contributed by atoms with Gasteiger partial charge in [0.15, 0.2) is 0 Å². The van der Waals surface area contributed by atoms with Gasteiger partial charge in [-0.1, -0.05) is 32.9 Å². The maximum absolute atomic E-state index is 3.53. The smallest absolute Gasteiger partial charge is 0.0163 e. The Morgan fingerprint density at radius 1 is 1.20 bits per heavy atom. The molecule has 0 saturated carbocycles. The van der Waals surface area contributed by atoms with Crippen molar-refractivity contribution in [3.8, 4) is 0 Å². The van der Waals surface area contributed by atoms with E-state index in [1.807, 2.05) is 0 Å². The van der Waals surface area contributed by atoms with E-state index in [9.17, 15) is 0 Å². The molecule has 1 unspecified atom stereocenters. The summed E-state index contributed by atoms with van der Waals surface area (Å²) in [5.41, 5.74) is 0. The maximum Gasteiger partial charge on any atom is 0.0163 e. The lowest BCUT2D eigenvalue weighted by atomic mass is 10.1. The Kier molecular flexibility index (Phi) is 5.96. The molecule has 2 nitrogen and oxygen atoms in total. The highest BCUT2D eigenvalue weighted by molar-refractivity contribution is 4.91. The molecule has 0 aromatic heterocycles. The van der Waals surface area contributed by atoms with Crippen molar-refractivity contribution in [1.82, 2.24) is 10.2 Å². The van der Waals surface area contributed by atoms with E-state index in [-0.39, 0.29) is 0 Å². The Hall–Kier alpha value is -0.340. The SMILES string of the molecule is CC(C)CNCC(C)CN1CC=CCC1. The molecule has 0 saturated heterocycles. The first kappa shape index (κ1) is 12.7. The van der Waals surface area contributed by atoms with Crippen molar-refractivity contribution in [3.05, 3.63) is 12.2 Å². The number of rotatable bonds is 6. The largest absolute Gasteiger partial charge is 0.316 e. The van der Waals surface area contributed by atoms with Crippen LogP contribution in [0.3, 0.4) is 0 Å². The average Bonchev–Trinajstić information content (AvgIpc) is 2.18. The van der Waals surface area contributed by atoms with E-state index in [4.69, 9.17) is 0 Å². The van der Waals surface area contributed by atoms with Crippen molar-refractivity contribution >= 4 is 0 Å². The number of nitrogens with zero attached hydrogens (tertiary/aromatic N) is 1. The van der Waals surface area contributed by atoms with E-state index in [2.05, 4.69) is 43.1 Å². The van der Waals surface area contributed by atoms with Gasteiger partial charge in [0.05, 0.1) is 0 Å². The lowest BCUT2D eigenvalue weighted by molar-refractivity contribution is 0.252. The monoisotopic (exact) mass is 210 g/mol. The minimum atomic E-state index is 0.759. The molecule has 0 radical (unpaired) electrons. The van der Waals surface area contributed by atoms with Gasteiger partial charge in [-0.2, -0.15) is 0 Å². The fourth-order valence-corrected chi connectivity index (χ4v) is 1.98. The molecular weight excluding hydrogens is 184 g/mol. The van der Waals surface area contributed by atoms with Gasteiger partial charge in [-0.25, -0.2) is 0 Å². The van der Waals surface area contributed by atoms with Crippen molar-refractivity contribution in [3.63, 3.8) is 0 Å². The Morgan fingerprint density at radius 3 is 2.60 bits per heavy atom. The van der Waals surface area contributed by atoms with Crippen LogP contribution < -0.4 is 5.32 Å². The molecule has 0 bridgehead atoms. The van der Waals surface area contributed by atoms with Crippen LogP contribution in [0.2, 0.25) is 0 Å². The van der Waals surface area contributed by atoms with Gasteiger partial charge in [-0.05, 0) is 31.3 Å². The third-order valence-corrected chi connectivity index (χ3v) is 2.76. The number of hydrogen-bond donors (Lipinski definition) is 1. The molecule has 1 aliphatic heterocycles. The first-order chi connectivity index (χ1) is 7.18. The molecule has 0 aliphatic carbocycles. The molecule has 2 heteroatoms. The van der Waals surface area contributed by atoms with E-state index in [0.717, 1.165) is 31.5 Å². The maximum atomic E-state index is 3.53. The zero-order valence-electron chi connectivity index (χ0n) is 10.5. The first-order valence-electron chi connectivity index (χ1n) is 6.26. The van der Waals surface area contributed by atoms with Crippen molar-refractivity contribution in [1.29, 1.82) is 0 Å². The Labute approximate surface area is 94.7 Å². The van der Waals surface area contributed by atoms with Gasteiger partial charge in [0.2, 0.25) is 0 Å². The van der Waals surface area contributed by atoms with Crippen molar-refractivity contribution in [2.24, 2.45) is 11.8 Å². The molecule has 88 valence electrons. The predicted octanol–water partition coefficient (Wildman–Crippen LogP) is 2.13. The Morgan fingerprint density at radius 2 is 2.00 bits per heavy atom. The molecule has 0 spiro atoms. The van der Waals surface area contributed by atoms with Crippen LogP contribution in [-0.2, 0) is 0 Å². The minimum Gasteiger partial charge on any atom is -0.316 e. The molecule has 1 atom stereocenters. The quantitative estimate of drug-likeness (QED) is 0.676. The van der Waals surface area contributed by atoms with E-state index in [0.29, 0.717) is 0 Å². The van der Waals surface area contributed by atoms with E-state index >= 15 is 0 Å². The van der Waals surface area contributed by atoms with Crippen molar-refractivity contribution in [2.75, 3.05) is 32.7 Å². The summed E-state index contributed by atoms with van der Waals surface area (Å²) in [6.45, 7) is 12.8. The lowest BCUT2D eigenvalue weighted by Gasteiger charge is -2.26. The highest BCUT2D eigenvalue weighted by Crippen LogP contribution is 2.05. The van der Waals surface area contributed by atoms with Crippen LogP contribution in [-0.4, -0.2) is 37.6 Å². The fraction of sp³-hybridized carbons (Fsp3) is 0.846. The summed E-state index contributed by atoms with van der Waals surface area (Å²) in [6.07, 6.45) is 5.81. The van der Waals surface area contributed by atoms with Gasteiger partial charge in [0, 0.05) is 19.6 Å². The third-order valence-electron chi connectivity index (χ3n) is 2.76. The summed E-state index contributed by atoms with van der Waals surface area (Å²) in [7, 11) is 0. The van der Waals surface area contributed by atoms with Crippen LogP contribution in [0.15, 0.2) is 12.2 Å². The van der Waals surface area contributed by atoms with Gasteiger partial charge < -0.3 is 5.32 Å². The second kappa shape index (κ2) is 7.02. The molecular formula is C13H26N2. The summed E-state index contributed by atoms with van der Waals surface area (Å²) in [4.78, 5) is 2.54. The summed E-state index contributed by atoms with van der Waals surface area (Å²) in [6, 6.07) is 0. The van der Waals surface area contributed by atoms with E-state index < -0.39 is 0 Å². The first-order valence-corrected chi connectivity index (χ1v) is 6.26. The third kappa shape index (κ3) is 5.95. The van der Waals surface area contributed by atoms with Gasteiger partial charge in [-0.15, -0.1) is 0 Å². The topological polar surface area (TPSA) is 15.3 Å². The van der Waals surface area contributed by atoms with Crippen LogP contribution in [0, 0.1) is 11.8 Å². The number of nitrogens with one attached hydrogen (secondary N) is 1. The average molecular weight is 210 g/mol. The van der Waals surface area contributed by atoms with Crippen molar-refractivity contribution < 1.29 is 0 Å². The zero-order chi connectivity index (χ0) is 11.1. The van der Waals surface area contributed by atoms with Gasteiger partial charge in [0.1, 0.15) is 0 Å². The predicted molar refractivity (Wildman–Crippen MR) is 67.1 cm³/mol. The van der Waals surface area contributed by atoms with Crippen LogP contribution in [0.25, 0.3) is 0 Å². The number of hydrogen-bond acceptors (Lipinski definition) is 2. The Balaban J connectivity index is 2.07. The van der Waals surface area contributed by atoms with E-state index in [1.54, 1.807) is 0 Å². The molecule has 0 amide bonds.